The molecule has 1 heterocycles. The van der Waals surface area contributed by atoms with Crippen molar-refractivity contribution in [2.24, 2.45) is 0 Å². The summed E-state index contributed by atoms with van der Waals surface area (Å²) in [5.74, 6) is -0.719. The van der Waals surface area contributed by atoms with E-state index in [-0.39, 0.29) is 11.3 Å². The van der Waals surface area contributed by atoms with Gasteiger partial charge in [0.15, 0.2) is 5.78 Å². The van der Waals surface area contributed by atoms with E-state index in [0.29, 0.717) is 5.52 Å². The molecule has 1 aromatic heterocycles. The minimum atomic E-state index is -0.470. The first-order valence-corrected chi connectivity index (χ1v) is 3.96. The topological polar surface area (TPSA) is 32.9 Å². The molecule has 0 spiro atoms. The number of carbonyl (C=O) groups is 1. The highest BCUT2D eigenvalue weighted by atomic mass is 19.1. The van der Waals surface area contributed by atoms with Crippen molar-refractivity contribution >= 4 is 16.7 Å². The second-order valence-electron chi connectivity index (χ2n) is 2.95. The van der Waals surface area contributed by atoms with E-state index < -0.39 is 5.82 Å². The van der Waals surface area contributed by atoms with Crippen LogP contribution in [-0.4, -0.2) is 10.8 Å². The van der Waals surface area contributed by atoms with E-state index in [1.807, 2.05) is 0 Å². The molecular weight excluding hydrogens is 169 g/mol. The Hall–Kier alpha value is -1.64. The van der Waals surface area contributed by atoms with Crippen LogP contribution in [0.3, 0.4) is 0 Å². The second kappa shape index (κ2) is 2.69. The van der Waals surface area contributed by atoms with Crippen LogP contribution in [0.25, 0.3) is 10.9 Å². The lowest BCUT2D eigenvalue weighted by Gasteiger charge is -1.98. The molecule has 0 aliphatic heterocycles. The number of Topliss-reactive ketones (excluding diaryl/α,β-unsaturated/α-hetero) is 1. The molecule has 13 heavy (non-hydrogen) atoms. The molecule has 1 N–H and O–H groups in total. The van der Waals surface area contributed by atoms with E-state index >= 15 is 0 Å². The van der Waals surface area contributed by atoms with Crippen LogP contribution in [0.5, 0.6) is 0 Å². The standard InChI is InChI=1S/C10H8FNO/c1-6(13)8-4-7-2-3-12-10(7)5-9(8)11/h2-5,12H,1H3. The molecule has 2 rings (SSSR count). The van der Waals surface area contributed by atoms with Crippen LogP contribution in [0.2, 0.25) is 0 Å². The van der Waals surface area contributed by atoms with Crippen molar-refractivity contribution in [3.8, 4) is 0 Å². The maximum absolute atomic E-state index is 13.2. The first-order valence-electron chi connectivity index (χ1n) is 3.96. The molecule has 0 aliphatic rings. The molecule has 0 bridgehead atoms. The largest absolute Gasteiger partial charge is 0.361 e. The van der Waals surface area contributed by atoms with Crippen LogP contribution >= 0.6 is 0 Å². The molecule has 0 amide bonds. The Balaban J connectivity index is 2.76. The fraction of sp³-hybridized carbons (Fsp3) is 0.100. The van der Waals surface area contributed by atoms with Crippen LogP contribution in [0.15, 0.2) is 24.4 Å². The number of hydrogen-bond donors (Lipinski definition) is 1. The van der Waals surface area contributed by atoms with Crippen molar-refractivity contribution in [3.63, 3.8) is 0 Å². The summed E-state index contributed by atoms with van der Waals surface area (Å²) in [4.78, 5) is 13.9. The summed E-state index contributed by atoms with van der Waals surface area (Å²) < 4.78 is 13.2. The molecule has 0 saturated heterocycles. The summed E-state index contributed by atoms with van der Waals surface area (Å²) in [6.45, 7) is 1.36. The number of benzene rings is 1. The van der Waals surface area contributed by atoms with Gasteiger partial charge in [0.05, 0.1) is 5.56 Å². The van der Waals surface area contributed by atoms with Gasteiger partial charge >= 0.3 is 0 Å². The molecule has 0 fully saturated rings. The van der Waals surface area contributed by atoms with Gasteiger partial charge in [0, 0.05) is 17.1 Å². The van der Waals surface area contributed by atoms with Gasteiger partial charge in [-0.15, -0.1) is 0 Å². The highest BCUT2D eigenvalue weighted by Crippen LogP contribution is 2.18. The lowest BCUT2D eigenvalue weighted by Crippen LogP contribution is -1.96. The van der Waals surface area contributed by atoms with Crippen LogP contribution in [0, 0.1) is 5.82 Å². The highest BCUT2D eigenvalue weighted by Gasteiger charge is 2.08. The molecule has 2 aromatic rings. The maximum atomic E-state index is 13.2. The number of aromatic nitrogens is 1. The van der Waals surface area contributed by atoms with Crippen LogP contribution < -0.4 is 0 Å². The first kappa shape index (κ1) is 7.98. The minimum Gasteiger partial charge on any atom is -0.361 e. The Labute approximate surface area is 74.4 Å². The van der Waals surface area contributed by atoms with Crippen molar-refractivity contribution in [3.05, 3.63) is 35.8 Å². The summed E-state index contributed by atoms with van der Waals surface area (Å²) in [6.07, 6.45) is 1.72. The Morgan fingerprint density at radius 3 is 2.92 bits per heavy atom. The van der Waals surface area contributed by atoms with E-state index in [0.717, 1.165) is 5.39 Å². The zero-order valence-electron chi connectivity index (χ0n) is 7.10. The molecular formula is C10H8FNO. The summed E-state index contributed by atoms with van der Waals surface area (Å²) in [5.41, 5.74) is 0.856. The number of halogens is 1. The van der Waals surface area contributed by atoms with E-state index in [2.05, 4.69) is 4.98 Å². The normalized spacial score (nSPS) is 10.6. The van der Waals surface area contributed by atoms with Crippen LogP contribution in [0.1, 0.15) is 17.3 Å². The predicted octanol–water partition coefficient (Wildman–Crippen LogP) is 2.51. The fourth-order valence-electron chi connectivity index (χ4n) is 1.34. The summed E-state index contributed by atoms with van der Waals surface area (Å²) >= 11 is 0. The smallest absolute Gasteiger partial charge is 0.162 e. The lowest BCUT2D eigenvalue weighted by atomic mass is 10.1. The SMILES string of the molecule is CC(=O)c1cc2cc[nH]c2cc1F. The monoisotopic (exact) mass is 177 g/mol. The van der Waals surface area contributed by atoms with Gasteiger partial charge < -0.3 is 4.98 Å². The average Bonchev–Trinajstić information content (AvgIpc) is 2.48. The molecule has 2 nitrogen and oxygen atoms in total. The molecule has 0 atom stereocenters. The molecule has 0 radical (unpaired) electrons. The van der Waals surface area contributed by atoms with Gasteiger partial charge in [-0.1, -0.05) is 0 Å². The molecule has 3 heteroatoms. The second-order valence-corrected chi connectivity index (χ2v) is 2.95. The zero-order chi connectivity index (χ0) is 9.42. The van der Waals surface area contributed by atoms with Crippen LogP contribution in [-0.2, 0) is 0 Å². The summed E-state index contributed by atoms with van der Waals surface area (Å²) in [7, 11) is 0. The fourth-order valence-corrected chi connectivity index (χ4v) is 1.34. The number of rotatable bonds is 1. The summed E-state index contributed by atoms with van der Waals surface area (Å²) in [5, 5.41) is 0.853. The number of nitrogens with one attached hydrogen (secondary N) is 1. The number of H-pyrrole nitrogens is 1. The molecule has 66 valence electrons. The van der Waals surface area contributed by atoms with Crippen molar-refractivity contribution in [1.29, 1.82) is 0 Å². The number of hydrogen-bond acceptors (Lipinski definition) is 1. The third-order valence-corrected chi connectivity index (χ3v) is 2.02. The van der Waals surface area contributed by atoms with Gasteiger partial charge in [-0.05, 0) is 25.1 Å². The Bertz CT molecular complexity index is 473. The molecule has 1 aromatic carbocycles. The third kappa shape index (κ3) is 1.22. The first-order chi connectivity index (χ1) is 6.18. The van der Waals surface area contributed by atoms with Crippen molar-refractivity contribution in [2.75, 3.05) is 0 Å². The van der Waals surface area contributed by atoms with Gasteiger partial charge in [-0.25, -0.2) is 4.39 Å². The van der Waals surface area contributed by atoms with E-state index in [4.69, 9.17) is 0 Å². The third-order valence-electron chi connectivity index (χ3n) is 2.02. The van der Waals surface area contributed by atoms with Gasteiger partial charge in [-0.3, -0.25) is 4.79 Å². The minimum absolute atomic E-state index is 0.145. The zero-order valence-corrected chi connectivity index (χ0v) is 7.10. The highest BCUT2D eigenvalue weighted by molar-refractivity contribution is 5.98. The number of fused-ring (bicyclic) bond motifs is 1. The van der Waals surface area contributed by atoms with E-state index in [1.165, 1.54) is 13.0 Å². The molecule has 0 unspecified atom stereocenters. The van der Waals surface area contributed by atoms with Gasteiger partial charge in [0.1, 0.15) is 5.82 Å². The molecule has 0 saturated carbocycles. The number of ketones is 1. The van der Waals surface area contributed by atoms with Crippen LogP contribution in [0.4, 0.5) is 4.39 Å². The lowest BCUT2D eigenvalue weighted by molar-refractivity contribution is 0.101. The average molecular weight is 177 g/mol. The van der Waals surface area contributed by atoms with Gasteiger partial charge in [-0.2, -0.15) is 0 Å². The van der Waals surface area contributed by atoms with E-state index in [1.54, 1.807) is 18.3 Å². The quantitative estimate of drug-likeness (QED) is 0.667. The van der Waals surface area contributed by atoms with Gasteiger partial charge in [0.2, 0.25) is 0 Å². The number of carbonyl (C=O) groups excluding carboxylic acids is 1. The Morgan fingerprint density at radius 1 is 1.46 bits per heavy atom. The van der Waals surface area contributed by atoms with E-state index in [9.17, 15) is 9.18 Å². The van der Waals surface area contributed by atoms with Crippen molar-refractivity contribution in [2.45, 2.75) is 6.92 Å². The van der Waals surface area contributed by atoms with Gasteiger partial charge in [0.25, 0.3) is 0 Å². The van der Waals surface area contributed by atoms with Crippen molar-refractivity contribution in [1.82, 2.24) is 4.98 Å². The predicted molar refractivity (Wildman–Crippen MR) is 48.3 cm³/mol. The Kier molecular flexibility index (Phi) is 1.65. The number of aromatic amines is 1. The Morgan fingerprint density at radius 2 is 2.23 bits per heavy atom. The van der Waals surface area contributed by atoms with Crippen molar-refractivity contribution < 1.29 is 9.18 Å². The summed E-state index contributed by atoms with van der Waals surface area (Å²) in [6, 6.07) is 4.71. The molecule has 0 aliphatic carbocycles. The maximum Gasteiger partial charge on any atom is 0.162 e.